The lowest BCUT2D eigenvalue weighted by atomic mass is 10.0. The highest BCUT2D eigenvalue weighted by molar-refractivity contribution is 5.91. The van der Waals surface area contributed by atoms with Crippen LogP contribution in [0.4, 0.5) is 5.69 Å². The summed E-state index contributed by atoms with van der Waals surface area (Å²) in [6, 6.07) is 4.41. The van der Waals surface area contributed by atoms with Crippen molar-refractivity contribution >= 4 is 23.4 Å². The van der Waals surface area contributed by atoms with Gasteiger partial charge in [0.25, 0.3) is 5.69 Å². The molecule has 0 radical (unpaired) electrons. The quantitative estimate of drug-likeness (QED) is 0.342. The molecule has 3 amide bonds. The molecular weight excluding hydrogens is 342 g/mol. The van der Waals surface area contributed by atoms with Crippen LogP contribution in [0.5, 0.6) is 0 Å². The van der Waals surface area contributed by atoms with Crippen LogP contribution in [0.1, 0.15) is 18.4 Å². The standard InChI is InChI=1S/C16H21N5O5/c17-14(22)9-19-15(23)13(20-16(24)12-2-1-7-18-12)8-10-3-5-11(6-4-10)21(25)26/h3-6,12-13,18H,1-2,7-9H2,(H2,17,22)(H,19,23)(H,20,24)/t12-,13-/m0/s1. The fourth-order valence-corrected chi connectivity index (χ4v) is 2.68. The summed E-state index contributed by atoms with van der Waals surface area (Å²) in [5.74, 6) is -1.55. The summed E-state index contributed by atoms with van der Waals surface area (Å²) < 4.78 is 0. The number of nitrogens with two attached hydrogens (primary N) is 1. The molecule has 2 atom stereocenters. The third-order valence-electron chi connectivity index (χ3n) is 4.03. The number of hydrogen-bond acceptors (Lipinski definition) is 6. The van der Waals surface area contributed by atoms with Gasteiger partial charge in [0.05, 0.1) is 17.5 Å². The molecule has 1 saturated heterocycles. The largest absolute Gasteiger partial charge is 0.368 e. The van der Waals surface area contributed by atoms with E-state index in [9.17, 15) is 24.5 Å². The summed E-state index contributed by atoms with van der Waals surface area (Å²) in [5.41, 5.74) is 5.59. The third kappa shape index (κ3) is 5.52. The smallest absolute Gasteiger partial charge is 0.269 e. The number of nitro groups is 1. The van der Waals surface area contributed by atoms with Gasteiger partial charge in [-0.15, -0.1) is 0 Å². The molecule has 1 aliphatic heterocycles. The van der Waals surface area contributed by atoms with Gasteiger partial charge < -0.3 is 21.7 Å². The Kier molecular flexibility index (Phi) is 6.61. The molecule has 1 aliphatic rings. The van der Waals surface area contributed by atoms with Gasteiger partial charge in [0.15, 0.2) is 0 Å². The second kappa shape index (κ2) is 8.90. The molecular formula is C16H21N5O5. The Bertz CT molecular complexity index is 685. The fraction of sp³-hybridized carbons (Fsp3) is 0.438. The Morgan fingerprint density at radius 2 is 2.00 bits per heavy atom. The number of hydrogen-bond donors (Lipinski definition) is 4. The van der Waals surface area contributed by atoms with Gasteiger partial charge in [-0.1, -0.05) is 12.1 Å². The van der Waals surface area contributed by atoms with Gasteiger partial charge in [-0.3, -0.25) is 24.5 Å². The summed E-state index contributed by atoms with van der Waals surface area (Å²) in [6.45, 7) is 0.395. The molecule has 1 fully saturated rings. The number of carbonyl (C=O) groups is 3. The molecule has 0 bridgehead atoms. The van der Waals surface area contributed by atoms with Crippen LogP contribution in [0.2, 0.25) is 0 Å². The van der Waals surface area contributed by atoms with Gasteiger partial charge >= 0.3 is 0 Å². The van der Waals surface area contributed by atoms with E-state index in [-0.39, 0.29) is 30.6 Å². The van der Waals surface area contributed by atoms with E-state index in [1.807, 2.05) is 0 Å². The molecule has 0 aromatic heterocycles. The van der Waals surface area contributed by atoms with Crippen LogP contribution in [0.15, 0.2) is 24.3 Å². The van der Waals surface area contributed by atoms with Gasteiger partial charge in [-0.2, -0.15) is 0 Å². The average Bonchev–Trinajstić information content (AvgIpc) is 3.14. The number of benzene rings is 1. The maximum absolute atomic E-state index is 12.3. The van der Waals surface area contributed by atoms with E-state index < -0.39 is 22.8 Å². The van der Waals surface area contributed by atoms with Crippen LogP contribution in [-0.2, 0) is 20.8 Å². The molecule has 5 N–H and O–H groups in total. The maximum atomic E-state index is 12.3. The number of nitrogens with zero attached hydrogens (tertiary/aromatic N) is 1. The predicted octanol–water partition coefficient (Wildman–Crippen LogP) is -1.02. The fourth-order valence-electron chi connectivity index (χ4n) is 2.68. The Morgan fingerprint density at radius 3 is 2.54 bits per heavy atom. The normalized spacial score (nSPS) is 17.3. The van der Waals surface area contributed by atoms with Crippen LogP contribution in [0, 0.1) is 10.1 Å². The van der Waals surface area contributed by atoms with Crippen LogP contribution in [0.25, 0.3) is 0 Å². The molecule has 1 heterocycles. The number of amides is 3. The first-order valence-electron chi connectivity index (χ1n) is 8.20. The van der Waals surface area contributed by atoms with Crippen molar-refractivity contribution in [3.05, 3.63) is 39.9 Å². The highest BCUT2D eigenvalue weighted by Gasteiger charge is 2.27. The summed E-state index contributed by atoms with van der Waals surface area (Å²) in [5, 5.41) is 18.8. The van der Waals surface area contributed by atoms with E-state index in [4.69, 9.17) is 5.73 Å². The van der Waals surface area contributed by atoms with Crippen LogP contribution < -0.4 is 21.7 Å². The van der Waals surface area contributed by atoms with Crippen molar-refractivity contribution in [3.8, 4) is 0 Å². The highest BCUT2D eigenvalue weighted by Crippen LogP contribution is 2.14. The topological polar surface area (TPSA) is 156 Å². The van der Waals surface area contributed by atoms with Crippen molar-refractivity contribution in [2.45, 2.75) is 31.3 Å². The van der Waals surface area contributed by atoms with E-state index in [1.165, 1.54) is 24.3 Å². The van der Waals surface area contributed by atoms with Crippen LogP contribution in [0.3, 0.4) is 0 Å². The highest BCUT2D eigenvalue weighted by atomic mass is 16.6. The van der Waals surface area contributed by atoms with Crippen molar-refractivity contribution < 1.29 is 19.3 Å². The van der Waals surface area contributed by atoms with Gasteiger partial charge in [0.2, 0.25) is 17.7 Å². The molecule has 10 heteroatoms. The van der Waals surface area contributed by atoms with E-state index in [1.54, 1.807) is 0 Å². The lowest BCUT2D eigenvalue weighted by Crippen LogP contribution is -2.53. The molecule has 1 aromatic carbocycles. The second-order valence-electron chi connectivity index (χ2n) is 6.02. The van der Waals surface area contributed by atoms with Crippen molar-refractivity contribution in [3.63, 3.8) is 0 Å². The van der Waals surface area contributed by atoms with E-state index in [0.717, 1.165) is 13.0 Å². The first kappa shape index (κ1) is 19.3. The molecule has 1 aromatic rings. The first-order valence-corrected chi connectivity index (χ1v) is 8.20. The Balaban J connectivity index is 2.07. The number of rotatable bonds is 8. The predicted molar refractivity (Wildman–Crippen MR) is 92.0 cm³/mol. The maximum Gasteiger partial charge on any atom is 0.269 e. The number of non-ortho nitro benzene ring substituents is 1. The average molecular weight is 363 g/mol. The van der Waals surface area contributed by atoms with Gasteiger partial charge in [0.1, 0.15) is 6.04 Å². The summed E-state index contributed by atoms with van der Waals surface area (Å²) in [4.78, 5) is 45.7. The molecule has 2 rings (SSSR count). The van der Waals surface area contributed by atoms with Crippen molar-refractivity contribution in [2.24, 2.45) is 5.73 Å². The lowest BCUT2D eigenvalue weighted by Gasteiger charge is -2.20. The molecule has 0 spiro atoms. The van der Waals surface area contributed by atoms with Crippen molar-refractivity contribution in [1.82, 2.24) is 16.0 Å². The molecule has 10 nitrogen and oxygen atoms in total. The van der Waals surface area contributed by atoms with E-state index >= 15 is 0 Å². The summed E-state index contributed by atoms with van der Waals surface area (Å²) in [6.07, 6.45) is 1.68. The number of primary amides is 1. The monoisotopic (exact) mass is 363 g/mol. The Hall–Kier alpha value is -3.01. The SMILES string of the molecule is NC(=O)CNC(=O)[C@H](Cc1ccc([N+](=O)[O-])cc1)NC(=O)[C@@H]1CCCN1. The summed E-state index contributed by atoms with van der Waals surface area (Å²) >= 11 is 0. The number of nitro benzene ring substituents is 1. The Labute approximate surface area is 149 Å². The van der Waals surface area contributed by atoms with Gasteiger partial charge in [-0.25, -0.2) is 0 Å². The minimum Gasteiger partial charge on any atom is -0.368 e. The van der Waals surface area contributed by atoms with Crippen molar-refractivity contribution in [2.75, 3.05) is 13.1 Å². The molecule has 26 heavy (non-hydrogen) atoms. The zero-order valence-corrected chi connectivity index (χ0v) is 14.1. The molecule has 0 saturated carbocycles. The van der Waals surface area contributed by atoms with Crippen molar-refractivity contribution in [1.29, 1.82) is 0 Å². The number of carbonyl (C=O) groups excluding carboxylic acids is 3. The van der Waals surface area contributed by atoms with E-state index in [2.05, 4.69) is 16.0 Å². The third-order valence-corrected chi connectivity index (χ3v) is 4.03. The minimum atomic E-state index is -0.925. The minimum absolute atomic E-state index is 0.0670. The van der Waals surface area contributed by atoms with Gasteiger partial charge in [0, 0.05) is 18.6 Å². The molecule has 0 unspecified atom stereocenters. The summed E-state index contributed by atoms with van der Waals surface area (Å²) in [7, 11) is 0. The van der Waals surface area contributed by atoms with Crippen LogP contribution >= 0.6 is 0 Å². The van der Waals surface area contributed by atoms with E-state index in [0.29, 0.717) is 12.0 Å². The first-order chi connectivity index (χ1) is 12.4. The van der Waals surface area contributed by atoms with Crippen LogP contribution in [-0.4, -0.2) is 47.8 Å². The lowest BCUT2D eigenvalue weighted by molar-refractivity contribution is -0.384. The zero-order chi connectivity index (χ0) is 19.1. The Morgan fingerprint density at radius 1 is 1.31 bits per heavy atom. The van der Waals surface area contributed by atoms with Gasteiger partial charge in [-0.05, 0) is 24.9 Å². The molecule has 0 aliphatic carbocycles. The molecule has 140 valence electrons. The number of nitrogens with one attached hydrogen (secondary N) is 3. The second-order valence-corrected chi connectivity index (χ2v) is 6.02. The zero-order valence-electron chi connectivity index (χ0n) is 14.1.